The number of para-hydroxylation sites is 1. The van der Waals surface area contributed by atoms with Gasteiger partial charge in [0.1, 0.15) is 17.9 Å². The fourth-order valence-corrected chi connectivity index (χ4v) is 5.46. The van der Waals surface area contributed by atoms with Gasteiger partial charge in [-0.05, 0) is 43.5 Å². The quantitative estimate of drug-likeness (QED) is 0.317. The highest BCUT2D eigenvalue weighted by molar-refractivity contribution is 6.31. The summed E-state index contributed by atoms with van der Waals surface area (Å²) in [5.41, 5.74) is 5.08. The third-order valence-electron chi connectivity index (χ3n) is 7.44. The van der Waals surface area contributed by atoms with Crippen LogP contribution in [-0.2, 0) is 25.0 Å². The summed E-state index contributed by atoms with van der Waals surface area (Å²) in [7, 11) is 1.93. The van der Waals surface area contributed by atoms with Gasteiger partial charge in [0.2, 0.25) is 5.91 Å². The van der Waals surface area contributed by atoms with Crippen molar-refractivity contribution in [3.05, 3.63) is 70.8 Å². The van der Waals surface area contributed by atoms with Gasteiger partial charge in [0.15, 0.2) is 0 Å². The van der Waals surface area contributed by atoms with Crippen molar-refractivity contribution in [2.24, 2.45) is 12.5 Å². The van der Waals surface area contributed by atoms with Gasteiger partial charge in [-0.3, -0.25) is 14.5 Å². The first-order valence-corrected chi connectivity index (χ1v) is 13.1. The molecule has 0 radical (unpaired) electrons. The summed E-state index contributed by atoms with van der Waals surface area (Å²) in [6, 6.07) is 9.99. The van der Waals surface area contributed by atoms with Crippen LogP contribution in [0.5, 0.6) is 5.75 Å². The second-order valence-corrected chi connectivity index (χ2v) is 10.6. The Hall–Kier alpha value is -3.45. The standard InChI is InChI=1S/C29H32ClN5O2/c1-19-14-22(25-10-13-33-35(25)3)21-8-7-9-26(27(21)34-19)37-18-23-20(15-31-17-24(23)30)16-32-28(36)29(2)11-5-4-6-12-29/h7-10,13-15,17H,4-6,11-12,16,18H2,1-3H3,(H,32,36). The molecule has 1 aliphatic carbocycles. The highest BCUT2D eigenvalue weighted by atomic mass is 35.5. The third-order valence-corrected chi connectivity index (χ3v) is 7.76. The van der Waals surface area contributed by atoms with E-state index in [9.17, 15) is 4.79 Å². The second kappa shape index (κ2) is 10.5. The molecule has 1 saturated carbocycles. The van der Waals surface area contributed by atoms with Gasteiger partial charge in [-0.1, -0.05) is 49.9 Å². The van der Waals surface area contributed by atoms with Crippen LogP contribution in [0.2, 0.25) is 5.02 Å². The van der Waals surface area contributed by atoms with Crippen molar-refractivity contribution >= 4 is 28.4 Å². The van der Waals surface area contributed by atoms with Gasteiger partial charge in [0, 0.05) is 59.8 Å². The largest absolute Gasteiger partial charge is 0.487 e. The van der Waals surface area contributed by atoms with Crippen molar-refractivity contribution in [3.63, 3.8) is 0 Å². The van der Waals surface area contributed by atoms with Gasteiger partial charge in [0.05, 0.1) is 10.7 Å². The maximum atomic E-state index is 13.0. The van der Waals surface area contributed by atoms with Gasteiger partial charge in [-0.15, -0.1) is 0 Å². The zero-order chi connectivity index (χ0) is 26.0. The van der Waals surface area contributed by atoms with Crippen molar-refractivity contribution < 1.29 is 9.53 Å². The molecule has 0 unspecified atom stereocenters. The van der Waals surface area contributed by atoms with E-state index in [1.54, 1.807) is 18.6 Å². The Morgan fingerprint density at radius 2 is 2.00 bits per heavy atom. The Morgan fingerprint density at radius 3 is 2.76 bits per heavy atom. The van der Waals surface area contributed by atoms with Gasteiger partial charge >= 0.3 is 0 Å². The Bertz CT molecular complexity index is 1440. The lowest BCUT2D eigenvalue weighted by Gasteiger charge is -2.32. The number of aromatic nitrogens is 4. The van der Waals surface area contributed by atoms with Crippen LogP contribution >= 0.6 is 11.6 Å². The number of benzene rings is 1. The number of carbonyl (C=O) groups excluding carboxylic acids is 1. The number of hydrogen-bond donors (Lipinski definition) is 1. The first-order valence-electron chi connectivity index (χ1n) is 12.8. The first kappa shape index (κ1) is 25.2. The molecule has 1 fully saturated rings. The van der Waals surface area contributed by atoms with E-state index in [0.717, 1.165) is 64.7 Å². The van der Waals surface area contributed by atoms with Crippen LogP contribution in [0.4, 0.5) is 0 Å². The molecule has 7 nitrogen and oxygen atoms in total. The maximum Gasteiger partial charge on any atom is 0.226 e. The average molecular weight is 518 g/mol. The minimum absolute atomic E-state index is 0.0930. The number of hydrogen-bond acceptors (Lipinski definition) is 5. The number of ether oxygens (including phenoxy) is 1. The Balaban J connectivity index is 1.39. The summed E-state index contributed by atoms with van der Waals surface area (Å²) in [5.74, 6) is 0.762. The molecule has 3 heterocycles. The number of nitrogens with zero attached hydrogens (tertiary/aromatic N) is 4. The summed E-state index contributed by atoms with van der Waals surface area (Å²) in [5, 5.41) is 8.95. The van der Waals surface area contributed by atoms with Gasteiger partial charge in [-0.2, -0.15) is 5.10 Å². The second-order valence-electron chi connectivity index (χ2n) is 10.2. The highest BCUT2D eigenvalue weighted by Crippen LogP contribution is 2.36. The van der Waals surface area contributed by atoms with Crippen LogP contribution in [0.1, 0.15) is 55.8 Å². The Labute approximate surface area is 222 Å². The molecule has 0 saturated heterocycles. The summed E-state index contributed by atoms with van der Waals surface area (Å²) in [6.07, 6.45) is 10.4. The SMILES string of the molecule is Cc1cc(-c2ccnn2C)c2cccc(OCc3c(Cl)cncc3CNC(=O)C3(C)CCCCC3)c2n1. The number of halogens is 1. The number of rotatable bonds is 7. The van der Waals surface area contributed by atoms with Crippen molar-refractivity contribution in [2.45, 2.75) is 59.1 Å². The molecule has 0 atom stereocenters. The van der Waals surface area contributed by atoms with Crippen LogP contribution < -0.4 is 10.1 Å². The van der Waals surface area contributed by atoms with E-state index in [2.05, 4.69) is 28.4 Å². The molecule has 192 valence electrons. The van der Waals surface area contributed by atoms with E-state index in [1.807, 2.05) is 42.9 Å². The molecular formula is C29H32ClN5O2. The van der Waals surface area contributed by atoms with Crippen LogP contribution in [0.25, 0.3) is 22.2 Å². The molecule has 1 amide bonds. The number of nitrogens with one attached hydrogen (secondary N) is 1. The monoisotopic (exact) mass is 517 g/mol. The van der Waals surface area contributed by atoms with E-state index in [1.165, 1.54) is 6.42 Å². The van der Waals surface area contributed by atoms with Crippen LogP contribution in [0.3, 0.4) is 0 Å². The van der Waals surface area contributed by atoms with Crippen molar-refractivity contribution in [1.29, 1.82) is 0 Å². The van der Waals surface area contributed by atoms with Gasteiger partial charge < -0.3 is 10.1 Å². The number of fused-ring (bicyclic) bond motifs is 1. The van der Waals surface area contributed by atoms with E-state index < -0.39 is 0 Å². The lowest BCUT2D eigenvalue weighted by Crippen LogP contribution is -2.40. The molecule has 5 rings (SSSR count). The molecule has 37 heavy (non-hydrogen) atoms. The van der Waals surface area contributed by atoms with E-state index in [-0.39, 0.29) is 17.9 Å². The molecule has 4 aromatic rings. The molecule has 0 spiro atoms. The predicted octanol–water partition coefficient (Wildman–Crippen LogP) is 6.16. The lowest BCUT2D eigenvalue weighted by atomic mass is 9.75. The van der Waals surface area contributed by atoms with E-state index in [0.29, 0.717) is 17.3 Å². The molecule has 1 N–H and O–H groups in total. The number of pyridine rings is 2. The molecule has 1 aliphatic rings. The summed E-state index contributed by atoms with van der Waals surface area (Å²) in [4.78, 5) is 22.0. The van der Waals surface area contributed by atoms with E-state index >= 15 is 0 Å². The first-order chi connectivity index (χ1) is 17.9. The van der Waals surface area contributed by atoms with Crippen molar-refractivity contribution in [1.82, 2.24) is 25.1 Å². The number of carbonyl (C=O) groups is 1. The van der Waals surface area contributed by atoms with E-state index in [4.69, 9.17) is 21.3 Å². The molecule has 1 aromatic carbocycles. The van der Waals surface area contributed by atoms with Gasteiger partial charge in [0.25, 0.3) is 0 Å². The topological polar surface area (TPSA) is 81.9 Å². The minimum atomic E-state index is -0.307. The fraction of sp³-hybridized carbons (Fsp3) is 0.379. The smallest absolute Gasteiger partial charge is 0.226 e. The summed E-state index contributed by atoms with van der Waals surface area (Å²) in [6.45, 7) is 4.64. The normalized spacial score (nSPS) is 15.0. The maximum absolute atomic E-state index is 13.0. The average Bonchev–Trinajstić information content (AvgIpc) is 3.32. The lowest BCUT2D eigenvalue weighted by molar-refractivity contribution is -0.132. The zero-order valence-electron chi connectivity index (χ0n) is 21.6. The molecule has 0 aliphatic heterocycles. The number of amides is 1. The minimum Gasteiger partial charge on any atom is -0.487 e. The van der Waals surface area contributed by atoms with Crippen molar-refractivity contribution in [2.75, 3.05) is 0 Å². The van der Waals surface area contributed by atoms with Crippen molar-refractivity contribution in [3.8, 4) is 17.0 Å². The third kappa shape index (κ3) is 5.18. The molecule has 8 heteroatoms. The summed E-state index contributed by atoms with van der Waals surface area (Å²) < 4.78 is 8.17. The summed E-state index contributed by atoms with van der Waals surface area (Å²) >= 11 is 6.56. The number of aryl methyl sites for hydroxylation is 2. The fourth-order valence-electron chi connectivity index (χ4n) is 5.23. The zero-order valence-corrected chi connectivity index (χ0v) is 22.3. The van der Waals surface area contributed by atoms with Crippen LogP contribution in [-0.4, -0.2) is 25.7 Å². The molecule has 0 bridgehead atoms. The molecular weight excluding hydrogens is 486 g/mol. The Kier molecular flexibility index (Phi) is 7.15. The van der Waals surface area contributed by atoms with Gasteiger partial charge in [-0.25, -0.2) is 4.98 Å². The van der Waals surface area contributed by atoms with Crippen LogP contribution in [0.15, 0.2) is 48.9 Å². The highest BCUT2D eigenvalue weighted by Gasteiger charge is 2.34. The molecule has 3 aromatic heterocycles. The Morgan fingerprint density at radius 1 is 1.19 bits per heavy atom. The van der Waals surface area contributed by atoms with Crippen LogP contribution in [0, 0.1) is 12.3 Å². The predicted molar refractivity (Wildman–Crippen MR) is 145 cm³/mol.